The van der Waals surface area contributed by atoms with E-state index < -0.39 is 10.0 Å². The Morgan fingerprint density at radius 1 is 1.15 bits per heavy atom. The molecule has 1 aliphatic heterocycles. The second-order valence-electron chi connectivity index (χ2n) is 6.53. The van der Waals surface area contributed by atoms with Gasteiger partial charge in [-0.25, -0.2) is 8.42 Å². The molecule has 1 saturated heterocycles. The van der Waals surface area contributed by atoms with Gasteiger partial charge in [-0.3, -0.25) is 9.59 Å². The molecule has 1 heterocycles. The summed E-state index contributed by atoms with van der Waals surface area (Å²) in [6, 6.07) is 6.12. The van der Waals surface area contributed by atoms with Gasteiger partial charge in [-0.2, -0.15) is 4.31 Å². The number of hydrogen-bond donors (Lipinski definition) is 2. The van der Waals surface area contributed by atoms with Gasteiger partial charge in [-0.1, -0.05) is 13.3 Å². The number of piperidine rings is 1. The Balaban J connectivity index is 1.95. The monoisotopic (exact) mass is 381 g/mol. The van der Waals surface area contributed by atoms with Gasteiger partial charge in [-0.05, 0) is 43.5 Å². The Bertz CT molecular complexity index is 723. The number of unbranched alkanes of at least 4 members (excludes halogenated alkanes) is 1. The first-order valence-corrected chi connectivity index (χ1v) is 10.4. The summed E-state index contributed by atoms with van der Waals surface area (Å²) >= 11 is 0. The van der Waals surface area contributed by atoms with Crippen molar-refractivity contribution in [1.82, 2.24) is 9.62 Å². The lowest BCUT2D eigenvalue weighted by atomic mass is 9.97. The number of carbonyl (C=O) groups is 2. The maximum atomic E-state index is 12.7. The standard InChI is InChI=1S/C18H27N3O4S/c1-3-4-11-19-18(23)15-9-12-21(13-10-15)26(24,25)17-7-5-16(6-8-17)20-14(2)22/h5-8,15H,3-4,9-13H2,1-2H3,(H,19,23)(H,20,22). The van der Waals surface area contributed by atoms with Crippen molar-refractivity contribution in [2.45, 2.75) is 44.4 Å². The van der Waals surface area contributed by atoms with Crippen molar-refractivity contribution in [2.75, 3.05) is 25.0 Å². The number of nitrogens with zero attached hydrogens (tertiary/aromatic N) is 1. The van der Waals surface area contributed by atoms with Gasteiger partial charge >= 0.3 is 0 Å². The van der Waals surface area contributed by atoms with E-state index in [-0.39, 0.29) is 22.6 Å². The van der Waals surface area contributed by atoms with Crippen LogP contribution in [0.4, 0.5) is 5.69 Å². The molecule has 0 aliphatic carbocycles. The Hall–Kier alpha value is -1.93. The highest BCUT2D eigenvalue weighted by atomic mass is 32.2. The van der Waals surface area contributed by atoms with Crippen molar-refractivity contribution in [3.63, 3.8) is 0 Å². The highest BCUT2D eigenvalue weighted by molar-refractivity contribution is 7.89. The molecule has 2 rings (SSSR count). The molecule has 1 aromatic rings. The Morgan fingerprint density at radius 2 is 1.77 bits per heavy atom. The first-order chi connectivity index (χ1) is 12.3. The van der Waals surface area contributed by atoms with Crippen LogP contribution in [-0.4, -0.2) is 44.2 Å². The Kier molecular flexibility index (Phi) is 7.16. The van der Waals surface area contributed by atoms with Crippen molar-refractivity contribution >= 4 is 27.5 Å². The van der Waals surface area contributed by atoms with Gasteiger partial charge in [0.1, 0.15) is 0 Å². The van der Waals surface area contributed by atoms with Crippen LogP contribution < -0.4 is 10.6 Å². The van der Waals surface area contributed by atoms with Crippen molar-refractivity contribution in [1.29, 1.82) is 0 Å². The van der Waals surface area contributed by atoms with E-state index in [1.54, 1.807) is 12.1 Å². The van der Waals surface area contributed by atoms with Crippen LogP contribution in [0.3, 0.4) is 0 Å². The first kappa shape index (κ1) is 20.4. The third kappa shape index (κ3) is 5.28. The van der Waals surface area contributed by atoms with Crippen LogP contribution in [0.2, 0.25) is 0 Å². The van der Waals surface area contributed by atoms with Gasteiger partial charge in [0.2, 0.25) is 21.8 Å². The largest absolute Gasteiger partial charge is 0.356 e. The first-order valence-electron chi connectivity index (χ1n) is 9.00. The maximum absolute atomic E-state index is 12.7. The molecular formula is C18H27N3O4S. The van der Waals surface area contributed by atoms with E-state index in [2.05, 4.69) is 17.6 Å². The minimum Gasteiger partial charge on any atom is -0.356 e. The summed E-state index contributed by atoms with van der Waals surface area (Å²) in [4.78, 5) is 23.3. The summed E-state index contributed by atoms with van der Waals surface area (Å²) in [6.45, 7) is 4.81. The number of hydrogen-bond acceptors (Lipinski definition) is 4. The van der Waals surface area contributed by atoms with Crippen molar-refractivity contribution in [3.05, 3.63) is 24.3 Å². The van der Waals surface area contributed by atoms with E-state index in [9.17, 15) is 18.0 Å². The number of nitrogens with one attached hydrogen (secondary N) is 2. The summed E-state index contributed by atoms with van der Waals surface area (Å²) in [5, 5.41) is 5.53. The van der Waals surface area contributed by atoms with Crippen LogP contribution in [0.25, 0.3) is 0 Å². The summed E-state index contributed by atoms with van der Waals surface area (Å²) in [6.07, 6.45) is 3.04. The zero-order valence-electron chi connectivity index (χ0n) is 15.3. The predicted octanol–water partition coefficient (Wildman–Crippen LogP) is 1.96. The van der Waals surface area contributed by atoms with Crippen LogP contribution in [0.5, 0.6) is 0 Å². The number of sulfonamides is 1. The molecule has 0 bridgehead atoms. The van der Waals surface area contributed by atoms with E-state index in [1.165, 1.54) is 23.4 Å². The summed E-state index contributed by atoms with van der Waals surface area (Å²) in [5.74, 6) is -0.310. The molecule has 2 N–H and O–H groups in total. The van der Waals surface area contributed by atoms with Crippen molar-refractivity contribution in [2.24, 2.45) is 5.92 Å². The fourth-order valence-corrected chi connectivity index (χ4v) is 4.42. The fourth-order valence-electron chi connectivity index (χ4n) is 2.95. The Morgan fingerprint density at radius 3 is 2.31 bits per heavy atom. The number of benzene rings is 1. The van der Waals surface area contributed by atoms with Gasteiger partial charge < -0.3 is 10.6 Å². The highest BCUT2D eigenvalue weighted by Gasteiger charge is 2.31. The number of amides is 2. The van der Waals surface area contributed by atoms with Crippen LogP contribution in [0, 0.1) is 5.92 Å². The SMILES string of the molecule is CCCCNC(=O)C1CCN(S(=O)(=O)c2ccc(NC(C)=O)cc2)CC1. The van der Waals surface area contributed by atoms with Gasteiger partial charge in [0.05, 0.1) is 4.90 Å². The normalized spacial score (nSPS) is 16.2. The molecule has 0 atom stereocenters. The van der Waals surface area contributed by atoms with Crippen LogP contribution in [-0.2, 0) is 19.6 Å². The predicted molar refractivity (Wildman–Crippen MR) is 100 cm³/mol. The molecule has 7 nitrogen and oxygen atoms in total. The van der Waals surface area contributed by atoms with Gasteiger partial charge in [0.15, 0.2) is 0 Å². The van der Waals surface area contributed by atoms with E-state index in [0.717, 1.165) is 12.8 Å². The minimum absolute atomic E-state index is 0.0233. The quantitative estimate of drug-likeness (QED) is 0.706. The van der Waals surface area contributed by atoms with E-state index in [0.29, 0.717) is 38.2 Å². The van der Waals surface area contributed by atoms with E-state index >= 15 is 0 Å². The van der Waals surface area contributed by atoms with E-state index in [1.807, 2.05) is 0 Å². The number of carbonyl (C=O) groups excluding carboxylic acids is 2. The van der Waals surface area contributed by atoms with Crippen molar-refractivity contribution < 1.29 is 18.0 Å². The van der Waals surface area contributed by atoms with Crippen LogP contribution in [0.15, 0.2) is 29.2 Å². The molecular weight excluding hydrogens is 354 g/mol. The molecule has 8 heteroatoms. The lowest BCUT2D eigenvalue weighted by molar-refractivity contribution is -0.126. The molecule has 2 amide bonds. The van der Waals surface area contributed by atoms with Crippen LogP contribution >= 0.6 is 0 Å². The van der Waals surface area contributed by atoms with Crippen LogP contribution in [0.1, 0.15) is 39.5 Å². The molecule has 0 aromatic heterocycles. The molecule has 26 heavy (non-hydrogen) atoms. The molecule has 1 aliphatic rings. The van der Waals surface area contributed by atoms with Gasteiger partial charge in [0, 0.05) is 38.2 Å². The van der Waals surface area contributed by atoms with E-state index in [4.69, 9.17) is 0 Å². The third-order valence-electron chi connectivity index (χ3n) is 4.47. The number of anilines is 1. The van der Waals surface area contributed by atoms with Gasteiger partial charge in [-0.15, -0.1) is 0 Å². The molecule has 144 valence electrons. The number of rotatable bonds is 7. The molecule has 0 radical (unpaired) electrons. The second-order valence-corrected chi connectivity index (χ2v) is 8.47. The Labute approximate surface area is 155 Å². The topological polar surface area (TPSA) is 95.6 Å². The molecule has 1 aromatic carbocycles. The summed E-state index contributed by atoms with van der Waals surface area (Å²) < 4.78 is 26.9. The highest BCUT2D eigenvalue weighted by Crippen LogP contribution is 2.24. The zero-order chi connectivity index (χ0) is 19.2. The molecule has 1 fully saturated rings. The summed E-state index contributed by atoms with van der Waals surface area (Å²) in [7, 11) is -3.59. The van der Waals surface area contributed by atoms with Crippen molar-refractivity contribution in [3.8, 4) is 0 Å². The third-order valence-corrected chi connectivity index (χ3v) is 6.38. The molecule has 0 saturated carbocycles. The summed E-state index contributed by atoms with van der Waals surface area (Å²) in [5.41, 5.74) is 0.555. The second kappa shape index (κ2) is 9.14. The molecule has 0 spiro atoms. The average Bonchev–Trinajstić information content (AvgIpc) is 2.62. The lowest BCUT2D eigenvalue weighted by Crippen LogP contribution is -2.43. The van der Waals surface area contributed by atoms with Gasteiger partial charge in [0.25, 0.3) is 0 Å². The minimum atomic E-state index is -3.59. The maximum Gasteiger partial charge on any atom is 0.243 e. The average molecular weight is 381 g/mol. The molecule has 0 unspecified atom stereocenters. The lowest BCUT2D eigenvalue weighted by Gasteiger charge is -2.30. The fraction of sp³-hybridized carbons (Fsp3) is 0.556. The zero-order valence-corrected chi connectivity index (χ0v) is 16.1. The smallest absolute Gasteiger partial charge is 0.243 e.